The fraction of sp³-hybridized carbons (Fsp3) is 0.455. The smallest absolute Gasteiger partial charge is 0.312 e. The molecule has 7 N–H and O–H groups in total. The molecule has 54 heavy (non-hydrogen) atoms. The molecule has 0 fully saturated rings. The first-order chi connectivity index (χ1) is 25.9. The second-order valence-corrected chi connectivity index (χ2v) is 15.1. The molecule has 4 rings (SSSR count). The van der Waals surface area contributed by atoms with Gasteiger partial charge in [-0.05, 0) is 83.0 Å². The number of rotatable bonds is 21. The Morgan fingerprint density at radius 3 is 1.85 bits per heavy atom. The average Bonchev–Trinajstić information content (AvgIpc) is 3.15. The fourth-order valence-electron chi connectivity index (χ4n) is 6.91. The van der Waals surface area contributed by atoms with Gasteiger partial charge in [-0.25, -0.2) is 4.79 Å². The van der Waals surface area contributed by atoms with E-state index in [1.807, 2.05) is 57.2 Å². The number of unbranched alkanes of at least 4 members (excludes halogenated alkanes) is 1. The molecule has 4 atom stereocenters. The van der Waals surface area contributed by atoms with Gasteiger partial charge in [0.15, 0.2) is 0 Å². The molecular weight excluding hydrogens is 679 g/mol. The highest BCUT2D eigenvalue weighted by Crippen LogP contribution is 2.27. The SMILES string of the molecule is CCC(C)CNC(=O)C[C@H](O)[C@H](CC(C)C)NC(=O)[C@H](CCCCNC(N)=O)NC(=O)C(Cc1cccc2ccccc12)Cc1cccc2ccccc12. The van der Waals surface area contributed by atoms with Crippen LogP contribution in [0.4, 0.5) is 4.79 Å². The summed E-state index contributed by atoms with van der Waals surface area (Å²) in [6, 6.07) is 26.2. The van der Waals surface area contributed by atoms with Gasteiger partial charge in [0.1, 0.15) is 6.04 Å². The van der Waals surface area contributed by atoms with Gasteiger partial charge in [-0.2, -0.15) is 0 Å². The van der Waals surface area contributed by atoms with E-state index in [2.05, 4.69) is 76.7 Å². The minimum absolute atomic E-state index is 0.117. The van der Waals surface area contributed by atoms with Crippen LogP contribution in [0.5, 0.6) is 0 Å². The first kappa shape index (κ1) is 41.8. The van der Waals surface area contributed by atoms with Crippen molar-refractivity contribution in [3.63, 3.8) is 0 Å². The summed E-state index contributed by atoms with van der Waals surface area (Å²) in [5.41, 5.74) is 7.33. The first-order valence-corrected chi connectivity index (χ1v) is 19.5. The lowest BCUT2D eigenvalue weighted by molar-refractivity contribution is -0.132. The van der Waals surface area contributed by atoms with Crippen LogP contribution in [0.25, 0.3) is 21.5 Å². The van der Waals surface area contributed by atoms with Crippen LogP contribution in [0.3, 0.4) is 0 Å². The van der Waals surface area contributed by atoms with Crippen LogP contribution in [0.15, 0.2) is 84.9 Å². The van der Waals surface area contributed by atoms with E-state index in [1.54, 1.807) is 0 Å². The lowest BCUT2D eigenvalue weighted by atomic mass is 9.87. The highest BCUT2D eigenvalue weighted by molar-refractivity contribution is 5.91. The summed E-state index contributed by atoms with van der Waals surface area (Å²) in [4.78, 5) is 52.7. The normalized spacial score (nSPS) is 13.7. The number of urea groups is 1. The number of amides is 5. The summed E-state index contributed by atoms with van der Waals surface area (Å²) < 4.78 is 0. The van der Waals surface area contributed by atoms with Crippen molar-refractivity contribution in [1.82, 2.24) is 21.3 Å². The zero-order chi connectivity index (χ0) is 39.0. The van der Waals surface area contributed by atoms with Crippen molar-refractivity contribution in [3.05, 3.63) is 96.1 Å². The van der Waals surface area contributed by atoms with Crippen LogP contribution in [0, 0.1) is 17.8 Å². The third-order valence-electron chi connectivity index (χ3n) is 10.2. The van der Waals surface area contributed by atoms with E-state index in [-0.39, 0.29) is 24.2 Å². The summed E-state index contributed by atoms with van der Waals surface area (Å²) in [5, 5.41) is 27.1. The number of carbonyl (C=O) groups is 4. The van der Waals surface area contributed by atoms with E-state index < -0.39 is 36.0 Å². The third-order valence-corrected chi connectivity index (χ3v) is 10.2. The minimum atomic E-state index is -1.12. The maximum atomic E-state index is 14.5. The van der Waals surface area contributed by atoms with E-state index >= 15 is 0 Å². The Kier molecular flexibility index (Phi) is 16.3. The number of primary amides is 1. The summed E-state index contributed by atoms with van der Waals surface area (Å²) in [6.07, 6.45) is 2.37. The van der Waals surface area contributed by atoms with E-state index in [0.29, 0.717) is 57.5 Å². The van der Waals surface area contributed by atoms with Gasteiger partial charge in [-0.3, -0.25) is 14.4 Å². The number of hydrogen-bond acceptors (Lipinski definition) is 5. The monoisotopic (exact) mass is 737 g/mol. The van der Waals surface area contributed by atoms with Crippen LogP contribution in [-0.2, 0) is 27.2 Å². The Morgan fingerprint density at radius 2 is 1.30 bits per heavy atom. The molecule has 290 valence electrons. The molecule has 10 nitrogen and oxygen atoms in total. The van der Waals surface area contributed by atoms with Gasteiger partial charge in [0.25, 0.3) is 0 Å². The second-order valence-electron chi connectivity index (χ2n) is 15.1. The third kappa shape index (κ3) is 12.9. The van der Waals surface area contributed by atoms with Crippen molar-refractivity contribution in [2.45, 2.75) is 97.2 Å². The molecule has 0 aliphatic rings. The van der Waals surface area contributed by atoms with Crippen molar-refractivity contribution in [1.29, 1.82) is 0 Å². The van der Waals surface area contributed by atoms with Gasteiger partial charge in [0.2, 0.25) is 17.7 Å². The molecule has 10 heteroatoms. The maximum Gasteiger partial charge on any atom is 0.312 e. The number of nitrogens with one attached hydrogen (secondary N) is 4. The molecule has 0 bridgehead atoms. The van der Waals surface area contributed by atoms with Crippen molar-refractivity contribution in [2.24, 2.45) is 23.5 Å². The largest absolute Gasteiger partial charge is 0.390 e. The van der Waals surface area contributed by atoms with Gasteiger partial charge in [-0.1, -0.05) is 119 Å². The topological polar surface area (TPSA) is 163 Å². The summed E-state index contributed by atoms with van der Waals surface area (Å²) in [5.74, 6) is -1.04. The molecule has 0 aliphatic carbocycles. The molecule has 0 spiro atoms. The molecule has 4 aromatic carbocycles. The summed E-state index contributed by atoms with van der Waals surface area (Å²) in [6.45, 7) is 8.93. The van der Waals surface area contributed by atoms with E-state index in [0.717, 1.165) is 39.1 Å². The number of hydrogen-bond donors (Lipinski definition) is 6. The summed E-state index contributed by atoms with van der Waals surface area (Å²) in [7, 11) is 0. The molecule has 5 amide bonds. The number of nitrogens with two attached hydrogens (primary N) is 1. The van der Waals surface area contributed by atoms with Gasteiger partial charge < -0.3 is 32.1 Å². The molecule has 0 saturated heterocycles. The fourth-order valence-corrected chi connectivity index (χ4v) is 6.91. The van der Waals surface area contributed by atoms with E-state index in [1.165, 1.54) is 0 Å². The lowest BCUT2D eigenvalue weighted by Crippen LogP contribution is -2.54. The van der Waals surface area contributed by atoms with Gasteiger partial charge in [0, 0.05) is 19.0 Å². The van der Waals surface area contributed by atoms with Crippen LogP contribution >= 0.6 is 0 Å². The molecule has 4 aromatic rings. The second kappa shape index (κ2) is 21.1. The standard InChI is InChI=1S/C44H59N5O5/c1-5-30(4)28-47-41(51)27-40(50)39(24-29(2)3)49-43(53)38(22-10-11-23-46-44(45)54)48-42(52)35(25-33-18-12-16-31-14-6-8-20-36(31)33)26-34-19-13-17-32-15-7-9-21-37(32)34/h6-9,12-21,29-30,35,38-40,50H,5,10-11,22-28H2,1-4H3,(H,47,51)(H,48,52)(H,49,53)(H3,45,46,54)/t30?,38-,39-,40-/m0/s1. The molecule has 0 aromatic heterocycles. The number of aliphatic hydroxyl groups is 1. The highest BCUT2D eigenvalue weighted by Gasteiger charge is 2.31. The zero-order valence-corrected chi connectivity index (χ0v) is 32.3. The number of benzene rings is 4. The van der Waals surface area contributed by atoms with Crippen LogP contribution in [0.2, 0.25) is 0 Å². The Balaban J connectivity index is 1.60. The molecule has 1 unspecified atom stereocenters. The van der Waals surface area contributed by atoms with Crippen molar-refractivity contribution < 1.29 is 24.3 Å². The maximum absolute atomic E-state index is 14.5. The zero-order valence-electron chi connectivity index (χ0n) is 32.3. The average molecular weight is 738 g/mol. The van der Waals surface area contributed by atoms with Gasteiger partial charge >= 0.3 is 6.03 Å². The predicted molar refractivity (Wildman–Crippen MR) is 217 cm³/mol. The molecular formula is C44H59N5O5. The molecule has 0 heterocycles. The summed E-state index contributed by atoms with van der Waals surface area (Å²) >= 11 is 0. The van der Waals surface area contributed by atoms with Crippen LogP contribution in [0.1, 0.15) is 77.3 Å². The van der Waals surface area contributed by atoms with E-state index in [9.17, 15) is 24.3 Å². The predicted octanol–water partition coefficient (Wildman–Crippen LogP) is 6.16. The van der Waals surface area contributed by atoms with Crippen molar-refractivity contribution in [2.75, 3.05) is 13.1 Å². The Labute approximate surface area is 320 Å². The Morgan fingerprint density at radius 1 is 0.722 bits per heavy atom. The molecule has 0 saturated carbocycles. The van der Waals surface area contributed by atoms with Gasteiger partial charge in [0.05, 0.1) is 18.6 Å². The van der Waals surface area contributed by atoms with Crippen LogP contribution in [-0.4, -0.2) is 60.1 Å². The molecule has 0 radical (unpaired) electrons. The number of aliphatic hydroxyl groups excluding tert-OH is 1. The molecule has 0 aliphatic heterocycles. The Bertz CT molecular complexity index is 1750. The first-order valence-electron chi connectivity index (χ1n) is 19.5. The quantitative estimate of drug-likeness (QED) is 0.0564. The highest BCUT2D eigenvalue weighted by atomic mass is 16.3. The number of carbonyl (C=O) groups excluding carboxylic acids is 4. The minimum Gasteiger partial charge on any atom is -0.390 e. The Hall–Kier alpha value is -4.96. The van der Waals surface area contributed by atoms with Crippen molar-refractivity contribution in [3.8, 4) is 0 Å². The van der Waals surface area contributed by atoms with Gasteiger partial charge in [-0.15, -0.1) is 0 Å². The van der Waals surface area contributed by atoms with Crippen LogP contribution < -0.4 is 27.0 Å². The van der Waals surface area contributed by atoms with Crippen molar-refractivity contribution >= 4 is 45.3 Å². The number of fused-ring (bicyclic) bond motifs is 2. The lowest BCUT2D eigenvalue weighted by Gasteiger charge is -2.29. The van der Waals surface area contributed by atoms with E-state index in [4.69, 9.17) is 5.73 Å².